The van der Waals surface area contributed by atoms with E-state index in [1.807, 2.05) is 32.0 Å². The highest BCUT2D eigenvalue weighted by atomic mass is 35.5. The summed E-state index contributed by atoms with van der Waals surface area (Å²) in [6, 6.07) is 5.91. The number of aryl methyl sites for hydroxylation is 2. The Hall–Kier alpha value is -1.57. The summed E-state index contributed by atoms with van der Waals surface area (Å²) in [6.07, 6.45) is 0.888. The maximum absolute atomic E-state index is 12.1. The van der Waals surface area contributed by atoms with Crippen molar-refractivity contribution in [2.75, 3.05) is 11.1 Å². The lowest BCUT2D eigenvalue weighted by molar-refractivity contribution is -0.435. The molecule has 0 aliphatic carbocycles. The maximum atomic E-state index is 12.1. The van der Waals surface area contributed by atoms with Gasteiger partial charge in [-0.1, -0.05) is 43.3 Å². The fourth-order valence-corrected chi connectivity index (χ4v) is 2.95. The number of quaternary nitrogens is 1. The molecular formula is C17H25ClN4O2S. The molecule has 1 atom stereocenters. The van der Waals surface area contributed by atoms with Gasteiger partial charge in [-0.3, -0.25) is 4.79 Å². The summed E-state index contributed by atoms with van der Waals surface area (Å²) in [5.74, 6) is 1.17. The van der Waals surface area contributed by atoms with Crippen molar-refractivity contribution < 1.29 is 27.4 Å². The van der Waals surface area contributed by atoms with Gasteiger partial charge < -0.3 is 27.9 Å². The van der Waals surface area contributed by atoms with Crippen LogP contribution in [0.15, 0.2) is 27.8 Å². The number of hydrogen-bond donors (Lipinski definition) is 2. The van der Waals surface area contributed by atoms with Crippen molar-refractivity contribution in [1.29, 1.82) is 0 Å². The fraction of sp³-hybridized carbons (Fsp3) is 0.471. The predicted molar refractivity (Wildman–Crippen MR) is 94.7 cm³/mol. The molecule has 8 heteroatoms. The van der Waals surface area contributed by atoms with E-state index >= 15 is 0 Å². The van der Waals surface area contributed by atoms with Gasteiger partial charge in [-0.25, -0.2) is 0 Å². The number of benzene rings is 1. The molecule has 4 N–H and O–H groups in total. The third-order valence-corrected chi connectivity index (χ3v) is 4.33. The van der Waals surface area contributed by atoms with Crippen LogP contribution < -0.4 is 23.5 Å². The molecule has 0 aliphatic heterocycles. The first kappa shape index (κ1) is 21.5. The first-order valence-corrected chi connectivity index (χ1v) is 9.00. The van der Waals surface area contributed by atoms with Gasteiger partial charge in [0.15, 0.2) is 6.04 Å². The molecule has 0 fully saturated rings. The topological polar surface area (TPSA) is 95.7 Å². The number of hydrogen-bond acceptors (Lipinski definition) is 5. The quantitative estimate of drug-likeness (QED) is 0.642. The van der Waals surface area contributed by atoms with Gasteiger partial charge >= 0.3 is 0 Å². The minimum atomic E-state index is -0.0972. The van der Waals surface area contributed by atoms with Crippen LogP contribution in [0.1, 0.15) is 43.3 Å². The molecule has 1 aromatic heterocycles. The summed E-state index contributed by atoms with van der Waals surface area (Å²) in [5, 5.41) is 11.3. The Kier molecular flexibility index (Phi) is 8.41. The molecule has 6 nitrogen and oxygen atoms in total. The first-order valence-electron chi connectivity index (χ1n) is 8.01. The lowest BCUT2D eigenvalue weighted by atomic mass is 10.1. The van der Waals surface area contributed by atoms with Crippen LogP contribution >= 0.6 is 11.8 Å². The zero-order valence-electron chi connectivity index (χ0n) is 15.0. The number of carbonyl (C=O) groups excluding carboxylic acids is 1. The van der Waals surface area contributed by atoms with Gasteiger partial charge in [0.25, 0.3) is 11.1 Å². The third kappa shape index (κ3) is 6.68. The van der Waals surface area contributed by atoms with Crippen LogP contribution in [0.3, 0.4) is 0 Å². The van der Waals surface area contributed by atoms with E-state index < -0.39 is 0 Å². The molecule has 2 rings (SSSR count). The van der Waals surface area contributed by atoms with Gasteiger partial charge in [-0.15, -0.1) is 10.2 Å². The number of anilines is 1. The Morgan fingerprint density at radius 3 is 2.68 bits per heavy atom. The summed E-state index contributed by atoms with van der Waals surface area (Å²) in [6.45, 7) is 8.25. The second kappa shape index (κ2) is 9.79. The van der Waals surface area contributed by atoms with Crippen molar-refractivity contribution in [3.05, 3.63) is 35.2 Å². The third-order valence-electron chi connectivity index (χ3n) is 3.51. The minimum absolute atomic E-state index is 0. The van der Waals surface area contributed by atoms with E-state index in [0.29, 0.717) is 17.0 Å². The second-order valence-electron chi connectivity index (χ2n) is 6.39. The molecular weight excluding hydrogens is 360 g/mol. The molecule has 0 radical (unpaired) electrons. The molecule has 1 heterocycles. The lowest BCUT2D eigenvalue weighted by Gasteiger charge is -2.08. The summed E-state index contributed by atoms with van der Waals surface area (Å²) in [4.78, 5) is 12.1. The SMILES string of the molecule is Cc1ccc(NC(=O)CSc2nnc([C@@H]([NH3+])CC(C)C)o2)c(C)c1.[Cl-]. The number of carbonyl (C=O) groups is 1. The van der Waals surface area contributed by atoms with Gasteiger partial charge in [-0.2, -0.15) is 0 Å². The smallest absolute Gasteiger partial charge is 0.277 e. The number of thioether (sulfide) groups is 1. The molecule has 0 bridgehead atoms. The lowest BCUT2D eigenvalue weighted by Crippen LogP contribution is -3.00. The van der Waals surface area contributed by atoms with Crippen molar-refractivity contribution >= 4 is 23.4 Å². The largest absolute Gasteiger partial charge is 1.00 e. The van der Waals surface area contributed by atoms with Crippen LogP contribution in [0.25, 0.3) is 0 Å². The van der Waals surface area contributed by atoms with Gasteiger partial charge in [0, 0.05) is 12.1 Å². The summed E-state index contributed by atoms with van der Waals surface area (Å²) >= 11 is 1.23. The Morgan fingerprint density at radius 2 is 2.04 bits per heavy atom. The minimum Gasteiger partial charge on any atom is -1.00 e. The van der Waals surface area contributed by atoms with Crippen molar-refractivity contribution in [3.63, 3.8) is 0 Å². The summed E-state index contributed by atoms with van der Waals surface area (Å²) < 4.78 is 5.58. The molecule has 2 aromatic rings. The van der Waals surface area contributed by atoms with Crippen LogP contribution in [0.4, 0.5) is 5.69 Å². The van der Waals surface area contributed by atoms with Crippen molar-refractivity contribution in [2.45, 2.75) is 45.4 Å². The van der Waals surface area contributed by atoms with Crippen LogP contribution in [0, 0.1) is 19.8 Å². The second-order valence-corrected chi connectivity index (χ2v) is 7.31. The van der Waals surface area contributed by atoms with Gasteiger partial charge in [0.2, 0.25) is 5.91 Å². The highest BCUT2D eigenvalue weighted by molar-refractivity contribution is 7.99. The van der Waals surface area contributed by atoms with E-state index in [-0.39, 0.29) is 30.1 Å². The summed E-state index contributed by atoms with van der Waals surface area (Å²) in [7, 11) is 0. The van der Waals surface area contributed by atoms with Crippen LogP contribution in [-0.4, -0.2) is 21.9 Å². The Bertz CT molecular complexity index is 706. The zero-order chi connectivity index (χ0) is 17.7. The number of amides is 1. The molecule has 1 amide bonds. The Balaban J connectivity index is 0.00000312. The van der Waals surface area contributed by atoms with Crippen molar-refractivity contribution in [1.82, 2.24) is 10.2 Å². The standard InChI is InChI=1S/C17H24N4O2S.ClH/c1-10(2)7-13(18)16-20-21-17(23-16)24-9-15(22)19-14-6-5-11(3)8-12(14)4;/h5-6,8,10,13H,7,9,18H2,1-4H3,(H,19,22);1H/t13-;/m0./s1. The van der Waals surface area contributed by atoms with Crippen molar-refractivity contribution in [3.8, 4) is 0 Å². The summed E-state index contributed by atoms with van der Waals surface area (Å²) in [5.41, 5.74) is 7.08. The average molecular weight is 385 g/mol. The van der Waals surface area contributed by atoms with Gasteiger partial charge in [-0.05, 0) is 31.4 Å². The van der Waals surface area contributed by atoms with Gasteiger partial charge in [0.05, 0.1) is 5.75 Å². The highest BCUT2D eigenvalue weighted by Crippen LogP contribution is 2.22. The first-order chi connectivity index (χ1) is 11.3. The zero-order valence-corrected chi connectivity index (χ0v) is 16.6. The van der Waals surface area contributed by atoms with E-state index in [4.69, 9.17) is 4.42 Å². The Labute approximate surface area is 158 Å². The molecule has 25 heavy (non-hydrogen) atoms. The molecule has 138 valence electrons. The van der Waals surface area contributed by atoms with E-state index in [2.05, 4.69) is 35.1 Å². The monoisotopic (exact) mass is 384 g/mol. The average Bonchev–Trinajstić information content (AvgIpc) is 2.96. The van der Waals surface area contributed by atoms with Crippen LogP contribution in [0.5, 0.6) is 0 Å². The van der Waals surface area contributed by atoms with E-state index in [9.17, 15) is 4.79 Å². The molecule has 0 spiro atoms. The number of rotatable bonds is 7. The Morgan fingerprint density at radius 1 is 1.32 bits per heavy atom. The maximum Gasteiger partial charge on any atom is 0.277 e. The molecule has 0 saturated carbocycles. The number of aromatic nitrogens is 2. The predicted octanol–water partition coefficient (Wildman–Crippen LogP) is -0.250. The van der Waals surface area contributed by atoms with Gasteiger partial charge in [0.1, 0.15) is 0 Å². The molecule has 0 unspecified atom stereocenters. The number of nitrogens with zero attached hydrogens (tertiary/aromatic N) is 2. The van der Waals surface area contributed by atoms with Crippen LogP contribution in [0.2, 0.25) is 0 Å². The van der Waals surface area contributed by atoms with E-state index in [1.54, 1.807) is 0 Å². The van der Waals surface area contributed by atoms with E-state index in [1.165, 1.54) is 17.3 Å². The van der Waals surface area contributed by atoms with Crippen molar-refractivity contribution in [2.24, 2.45) is 5.92 Å². The number of nitrogens with one attached hydrogen (secondary N) is 1. The fourth-order valence-electron chi connectivity index (χ4n) is 2.38. The molecule has 0 aliphatic rings. The normalized spacial score (nSPS) is 11.9. The van der Waals surface area contributed by atoms with Crippen LogP contribution in [-0.2, 0) is 4.79 Å². The highest BCUT2D eigenvalue weighted by Gasteiger charge is 2.19. The molecule has 0 saturated heterocycles. The van der Waals surface area contributed by atoms with E-state index in [0.717, 1.165) is 17.7 Å². The number of halogens is 1. The molecule has 1 aromatic carbocycles.